The Labute approximate surface area is 112 Å². The van der Waals surface area contributed by atoms with Crippen LogP contribution < -0.4 is 0 Å². The van der Waals surface area contributed by atoms with Crippen molar-refractivity contribution in [3.05, 3.63) is 34.9 Å². The summed E-state index contributed by atoms with van der Waals surface area (Å²) in [7, 11) is 0. The molecule has 1 fully saturated rings. The minimum Gasteiger partial charge on any atom is -0.0884 e. The highest BCUT2D eigenvalue weighted by atomic mass is 79.9. The zero-order valence-corrected chi connectivity index (χ0v) is 12.0. The lowest BCUT2D eigenvalue weighted by Gasteiger charge is -2.21. The van der Waals surface area contributed by atoms with Crippen molar-refractivity contribution >= 4 is 27.5 Å². The molecule has 1 aliphatic rings. The van der Waals surface area contributed by atoms with Gasteiger partial charge in [0.05, 0.1) is 0 Å². The van der Waals surface area contributed by atoms with Crippen molar-refractivity contribution in [2.75, 3.05) is 0 Å². The Kier molecular flexibility index (Phi) is 4.32. The van der Waals surface area contributed by atoms with Crippen molar-refractivity contribution in [2.45, 2.75) is 37.4 Å². The van der Waals surface area contributed by atoms with Crippen molar-refractivity contribution in [3.63, 3.8) is 0 Å². The van der Waals surface area contributed by atoms with Crippen molar-refractivity contribution < 1.29 is 0 Å². The van der Waals surface area contributed by atoms with Gasteiger partial charge in [-0.1, -0.05) is 59.4 Å². The summed E-state index contributed by atoms with van der Waals surface area (Å²) in [6, 6.07) is 8.22. The molecule has 1 aliphatic carbocycles. The molecule has 3 unspecified atom stereocenters. The Hall–Kier alpha value is -0.0100. The Morgan fingerprint density at radius 3 is 2.88 bits per heavy atom. The summed E-state index contributed by atoms with van der Waals surface area (Å²) in [4.78, 5) is 0.600. The molecule has 0 saturated heterocycles. The minimum atomic E-state index is 0.600. The number of benzene rings is 1. The molecular weight excluding hydrogens is 284 g/mol. The Balaban J connectivity index is 1.99. The first-order valence-electron chi connectivity index (χ1n) is 6.05. The van der Waals surface area contributed by atoms with Crippen molar-refractivity contribution in [1.82, 2.24) is 0 Å². The summed E-state index contributed by atoms with van der Waals surface area (Å²) in [5, 5.41) is 0.844. The van der Waals surface area contributed by atoms with Gasteiger partial charge in [-0.05, 0) is 42.4 Å². The van der Waals surface area contributed by atoms with E-state index in [0.29, 0.717) is 4.83 Å². The van der Waals surface area contributed by atoms with Crippen LogP contribution in [-0.4, -0.2) is 4.83 Å². The van der Waals surface area contributed by atoms with Crippen LogP contribution in [0.3, 0.4) is 0 Å². The second-order valence-corrected chi connectivity index (χ2v) is 6.53. The second kappa shape index (κ2) is 5.55. The molecule has 1 aromatic rings. The summed E-state index contributed by atoms with van der Waals surface area (Å²) in [6.45, 7) is 2.38. The molecule has 0 bridgehead atoms. The first-order valence-corrected chi connectivity index (χ1v) is 7.34. The van der Waals surface area contributed by atoms with Crippen LogP contribution in [0.15, 0.2) is 24.3 Å². The summed E-state index contributed by atoms with van der Waals surface area (Å²) in [5.41, 5.74) is 1.34. The van der Waals surface area contributed by atoms with Crippen LogP contribution in [0.2, 0.25) is 5.02 Å². The van der Waals surface area contributed by atoms with Gasteiger partial charge in [-0.15, -0.1) is 0 Å². The van der Waals surface area contributed by atoms with Crippen LogP contribution in [0, 0.1) is 11.8 Å². The molecule has 0 nitrogen and oxygen atoms in total. The molecule has 1 aromatic carbocycles. The van der Waals surface area contributed by atoms with E-state index in [9.17, 15) is 0 Å². The number of halogens is 2. The predicted molar refractivity (Wildman–Crippen MR) is 74.4 cm³/mol. The van der Waals surface area contributed by atoms with Gasteiger partial charge < -0.3 is 0 Å². The van der Waals surface area contributed by atoms with Crippen molar-refractivity contribution in [1.29, 1.82) is 0 Å². The van der Waals surface area contributed by atoms with Gasteiger partial charge in [-0.2, -0.15) is 0 Å². The molecule has 0 heterocycles. The van der Waals surface area contributed by atoms with Gasteiger partial charge >= 0.3 is 0 Å². The molecule has 0 N–H and O–H groups in total. The molecule has 0 aromatic heterocycles. The molecule has 2 rings (SSSR count). The van der Waals surface area contributed by atoms with E-state index < -0.39 is 0 Å². The number of hydrogen-bond acceptors (Lipinski definition) is 0. The SMILES string of the molecule is CC1CCCC1C(Br)Cc1cccc(Cl)c1. The van der Waals surface area contributed by atoms with E-state index in [-0.39, 0.29) is 0 Å². The summed E-state index contributed by atoms with van der Waals surface area (Å²) in [5.74, 6) is 1.70. The van der Waals surface area contributed by atoms with Gasteiger partial charge in [-0.25, -0.2) is 0 Å². The van der Waals surface area contributed by atoms with Gasteiger partial charge in [0.15, 0.2) is 0 Å². The molecule has 0 amide bonds. The van der Waals surface area contributed by atoms with Crippen molar-refractivity contribution in [2.24, 2.45) is 11.8 Å². The maximum atomic E-state index is 6.00. The average molecular weight is 302 g/mol. The Morgan fingerprint density at radius 2 is 2.25 bits per heavy atom. The molecule has 16 heavy (non-hydrogen) atoms. The average Bonchev–Trinajstić information content (AvgIpc) is 2.64. The van der Waals surface area contributed by atoms with Gasteiger partial charge in [0.1, 0.15) is 0 Å². The van der Waals surface area contributed by atoms with E-state index in [2.05, 4.69) is 35.0 Å². The third-order valence-electron chi connectivity index (χ3n) is 3.71. The highest BCUT2D eigenvalue weighted by Gasteiger charge is 2.29. The molecule has 2 heteroatoms. The standard InChI is InChI=1S/C14H18BrCl/c1-10-4-2-7-13(10)14(15)9-11-5-3-6-12(16)8-11/h3,5-6,8,10,13-14H,2,4,7,9H2,1H3. The van der Waals surface area contributed by atoms with Gasteiger partial charge in [-0.3, -0.25) is 0 Å². The maximum absolute atomic E-state index is 6.00. The highest BCUT2D eigenvalue weighted by Crippen LogP contribution is 2.37. The number of hydrogen-bond donors (Lipinski definition) is 0. The lowest BCUT2D eigenvalue weighted by atomic mass is 9.91. The first-order chi connectivity index (χ1) is 7.66. The molecule has 88 valence electrons. The van der Waals surface area contributed by atoms with E-state index in [1.165, 1.54) is 24.8 Å². The largest absolute Gasteiger partial charge is 0.0884 e. The summed E-state index contributed by atoms with van der Waals surface area (Å²) in [6.07, 6.45) is 5.25. The fourth-order valence-corrected chi connectivity index (χ4v) is 4.12. The molecular formula is C14H18BrCl. The monoisotopic (exact) mass is 300 g/mol. The second-order valence-electron chi connectivity index (χ2n) is 4.92. The van der Waals surface area contributed by atoms with E-state index >= 15 is 0 Å². The van der Waals surface area contributed by atoms with Crippen LogP contribution in [0.25, 0.3) is 0 Å². The quantitative estimate of drug-likeness (QED) is 0.683. The van der Waals surface area contributed by atoms with Gasteiger partial charge in [0.2, 0.25) is 0 Å². The third-order valence-corrected chi connectivity index (χ3v) is 4.95. The Bertz CT molecular complexity index is 350. The zero-order chi connectivity index (χ0) is 11.5. The van der Waals surface area contributed by atoms with E-state index in [1.54, 1.807) is 0 Å². The van der Waals surface area contributed by atoms with Crippen molar-refractivity contribution in [3.8, 4) is 0 Å². The van der Waals surface area contributed by atoms with Crippen LogP contribution >= 0.6 is 27.5 Å². The Morgan fingerprint density at radius 1 is 1.44 bits per heavy atom. The topological polar surface area (TPSA) is 0 Å². The van der Waals surface area contributed by atoms with E-state index in [1.807, 2.05) is 12.1 Å². The zero-order valence-electron chi connectivity index (χ0n) is 9.63. The molecule has 0 spiro atoms. The highest BCUT2D eigenvalue weighted by molar-refractivity contribution is 9.09. The van der Waals surface area contributed by atoms with Gasteiger partial charge in [0, 0.05) is 9.85 Å². The fraction of sp³-hybridized carbons (Fsp3) is 0.571. The number of rotatable bonds is 3. The summed E-state index contributed by atoms with van der Waals surface area (Å²) >= 11 is 9.86. The van der Waals surface area contributed by atoms with Gasteiger partial charge in [0.25, 0.3) is 0 Å². The molecule has 3 atom stereocenters. The minimum absolute atomic E-state index is 0.600. The normalized spacial score (nSPS) is 26.9. The molecule has 0 radical (unpaired) electrons. The van der Waals surface area contributed by atoms with E-state index in [4.69, 9.17) is 11.6 Å². The summed E-state index contributed by atoms with van der Waals surface area (Å²) < 4.78 is 0. The van der Waals surface area contributed by atoms with Crippen LogP contribution in [0.4, 0.5) is 0 Å². The lowest BCUT2D eigenvalue weighted by Crippen LogP contribution is -2.19. The molecule has 1 saturated carbocycles. The van der Waals surface area contributed by atoms with E-state index in [0.717, 1.165) is 23.3 Å². The lowest BCUT2D eigenvalue weighted by molar-refractivity contribution is 0.407. The fourth-order valence-electron chi connectivity index (χ4n) is 2.75. The van der Waals surface area contributed by atoms with Crippen LogP contribution in [0.5, 0.6) is 0 Å². The molecule has 0 aliphatic heterocycles. The third kappa shape index (κ3) is 3.01. The number of alkyl halides is 1. The first kappa shape index (κ1) is 12.4. The van der Waals surface area contributed by atoms with Crippen LogP contribution in [-0.2, 0) is 6.42 Å². The van der Waals surface area contributed by atoms with Crippen LogP contribution in [0.1, 0.15) is 31.7 Å². The predicted octanol–water partition coefficient (Wildman–Crippen LogP) is 5.08. The maximum Gasteiger partial charge on any atom is 0.0408 e. The smallest absolute Gasteiger partial charge is 0.0408 e.